The molecule has 236 valence electrons. The molecule has 44 heavy (non-hydrogen) atoms. The van der Waals surface area contributed by atoms with Crippen LogP contribution in [0.25, 0.3) is 21.8 Å². The van der Waals surface area contributed by atoms with Gasteiger partial charge in [0.2, 0.25) is 0 Å². The van der Waals surface area contributed by atoms with Crippen molar-refractivity contribution in [3.05, 3.63) is 83.7 Å². The minimum atomic E-state index is -3.41. The lowest BCUT2D eigenvalue weighted by Gasteiger charge is -2.28. The summed E-state index contributed by atoms with van der Waals surface area (Å²) in [5.41, 5.74) is 3.74. The van der Waals surface area contributed by atoms with Crippen molar-refractivity contribution in [3.8, 4) is 0 Å². The fourth-order valence-corrected chi connectivity index (χ4v) is 7.80. The van der Waals surface area contributed by atoms with E-state index in [9.17, 15) is 25.6 Å². The molecule has 0 aliphatic heterocycles. The van der Waals surface area contributed by atoms with Gasteiger partial charge in [-0.25, -0.2) is 8.78 Å². The molecule has 0 amide bonds. The maximum atomic E-state index is 13.5. The fraction of sp³-hybridized carbons (Fsp3) is 0.438. The van der Waals surface area contributed by atoms with E-state index >= 15 is 0 Å². The van der Waals surface area contributed by atoms with Crippen molar-refractivity contribution in [1.29, 1.82) is 0 Å². The zero-order valence-electron chi connectivity index (χ0n) is 24.7. The second kappa shape index (κ2) is 13.5. The molecule has 0 spiro atoms. The van der Waals surface area contributed by atoms with Gasteiger partial charge in [0.15, 0.2) is 0 Å². The van der Waals surface area contributed by atoms with Crippen LogP contribution < -0.4 is 0 Å². The van der Waals surface area contributed by atoms with E-state index in [0.717, 1.165) is 71.1 Å². The van der Waals surface area contributed by atoms with E-state index in [0.29, 0.717) is 25.7 Å². The number of halogens is 2. The summed E-state index contributed by atoms with van der Waals surface area (Å²) in [7, 11) is -6.81. The molecular weight excluding hydrogens is 610 g/mol. The predicted molar refractivity (Wildman–Crippen MR) is 165 cm³/mol. The Morgan fingerprint density at radius 2 is 0.955 bits per heavy atom. The Kier molecular flexibility index (Phi) is 9.93. The number of hydrogen-bond acceptors (Lipinski definition) is 8. The summed E-state index contributed by atoms with van der Waals surface area (Å²) in [6.07, 6.45) is 11.3. The Morgan fingerprint density at radius 1 is 0.591 bits per heavy atom. The number of nitrogens with zero attached hydrogens (tertiary/aromatic N) is 2. The average molecular weight is 647 g/mol. The first-order valence-electron chi connectivity index (χ1n) is 14.7. The topological polar surface area (TPSA) is 113 Å². The molecule has 2 saturated carbocycles. The maximum Gasteiger partial charge on any atom is 0.264 e. The molecule has 2 aromatic heterocycles. The number of benzene rings is 2. The van der Waals surface area contributed by atoms with E-state index in [4.69, 9.17) is 8.37 Å². The Hall–Kier alpha value is -3.06. The van der Waals surface area contributed by atoms with Gasteiger partial charge in [-0.3, -0.25) is 18.3 Å². The zero-order chi connectivity index (χ0) is 31.5. The van der Waals surface area contributed by atoms with Crippen LogP contribution in [0.15, 0.2) is 60.9 Å². The molecule has 0 saturated heterocycles. The van der Waals surface area contributed by atoms with Gasteiger partial charge in [-0.05, 0) is 123 Å². The highest BCUT2D eigenvalue weighted by Gasteiger charge is 2.27. The van der Waals surface area contributed by atoms with Crippen molar-refractivity contribution in [3.63, 3.8) is 0 Å². The summed E-state index contributed by atoms with van der Waals surface area (Å²) < 4.78 is 81.9. The van der Waals surface area contributed by atoms with Crippen LogP contribution in [-0.2, 0) is 28.6 Å². The van der Waals surface area contributed by atoms with E-state index < -0.39 is 20.2 Å². The van der Waals surface area contributed by atoms with Crippen LogP contribution in [-0.4, -0.2) is 51.5 Å². The van der Waals surface area contributed by atoms with Crippen LogP contribution in [0, 0.1) is 11.6 Å². The lowest BCUT2D eigenvalue weighted by Crippen LogP contribution is -2.23. The highest BCUT2D eigenvalue weighted by molar-refractivity contribution is 7.86. The standard InChI is InChI=1S/2C16H18FNO3S/c2*1-22(19,20)21-13-5-2-11(3-6-13)14-8-9-18-16-7-4-12(17)10-15(14)16/h2*4,7-11,13H,2-3,5-6H2,1H3. The third-order valence-corrected chi connectivity index (χ3v) is 9.57. The van der Waals surface area contributed by atoms with Crippen LogP contribution in [0.5, 0.6) is 0 Å². The molecule has 8 nitrogen and oxygen atoms in total. The van der Waals surface area contributed by atoms with Crippen molar-refractivity contribution in [1.82, 2.24) is 9.97 Å². The van der Waals surface area contributed by atoms with Gasteiger partial charge in [0.1, 0.15) is 11.6 Å². The molecule has 12 heteroatoms. The number of pyridine rings is 2. The first kappa shape index (κ1) is 32.3. The second-order valence-electron chi connectivity index (χ2n) is 11.7. The molecule has 6 rings (SSSR count). The van der Waals surface area contributed by atoms with Gasteiger partial charge in [0.25, 0.3) is 20.2 Å². The lowest BCUT2D eigenvalue weighted by atomic mass is 9.81. The highest BCUT2D eigenvalue weighted by Crippen LogP contribution is 2.38. The van der Waals surface area contributed by atoms with Crippen molar-refractivity contribution in [2.24, 2.45) is 0 Å². The monoisotopic (exact) mass is 646 g/mol. The highest BCUT2D eigenvalue weighted by atomic mass is 32.2. The summed E-state index contributed by atoms with van der Waals surface area (Å²) in [6.45, 7) is 0. The molecule has 0 N–H and O–H groups in total. The van der Waals surface area contributed by atoms with E-state index in [1.165, 1.54) is 24.3 Å². The van der Waals surface area contributed by atoms with E-state index in [-0.39, 0.29) is 35.7 Å². The first-order valence-corrected chi connectivity index (χ1v) is 18.3. The Morgan fingerprint density at radius 3 is 1.30 bits per heavy atom. The summed E-state index contributed by atoms with van der Waals surface area (Å²) in [5, 5.41) is 1.69. The minimum absolute atomic E-state index is 0.240. The van der Waals surface area contributed by atoms with Crippen molar-refractivity contribution >= 4 is 42.0 Å². The summed E-state index contributed by atoms with van der Waals surface area (Å²) >= 11 is 0. The number of rotatable bonds is 6. The van der Waals surface area contributed by atoms with Crippen LogP contribution in [0.3, 0.4) is 0 Å². The van der Waals surface area contributed by atoms with Crippen LogP contribution in [0.4, 0.5) is 8.78 Å². The van der Waals surface area contributed by atoms with Gasteiger partial charge in [0.05, 0.1) is 35.8 Å². The molecule has 2 aliphatic rings. The fourth-order valence-electron chi connectivity index (χ4n) is 6.43. The summed E-state index contributed by atoms with van der Waals surface area (Å²) in [4.78, 5) is 8.54. The predicted octanol–water partition coefficient (Wildman–Crippen LogP) is 6.75. The SMILES string of the molecule is CS(=O)(=O)OC1CCC(c2ccnc3ccc(F)cc23)CC1.CS(=O)(=O)OC1CCC(c2ccnc3ccc(F)cc23)CC1. The second-order valence-corrected chi connectivity index (χ2v) is 14.9. The number of aromatic nitrogens is 2. The molecule has 0 unspecified atom stereocenters. The Balaban J connectivity index is 0.000000175. The quantitative estimate of drug-likeness (QED) is 0.212. The molecule has 4 aromatic rings. The van der Waals surface area contributed by atoms with E-state index in [2.05, 4.69) is 9.97 Å². The van der Waals surface area contributed by atoms with Crippen molar-refractivity contribution in [2.45, 2.75) is 75.4 Å². The van der Waals surface area contributed by atoms with Crippen molar-refractivity contribution < 1.29 is 34.0 Å². The van der Waals surface area contributed by atoms with Gasteiger partial charge < -0.3 is 0 Å². The molecule has 0 bridgehead atoms. The summed E-state index contributed by atoms with van der Waals surface area (Å²) in [6, 6.07) is 13.1. The minimum Gasteiger partial charge on any atom is -0.267 e. The van der Waals surface area contributed by atoms with Gasteiger partial charge in [-0.15, -0.1) is 0 Å². The zero-order valence-corrected chi connectivity index (χ0v) is 26.3. The normalized spacial score (nSPS) is 22.8. The summed E-state index contributed by atoms with van der Waals surface area (Å²) in [5.74, 6) is 0.0325. The van der Waals surface area contributed by atoms with Crippen LogP contribution in [0.2, 0.25) is 0 Å². The third kappa shape index (κ3) is 8.56. The van der Waals surface area contributed by atoms with Crippen molar-refractivity contribution in [2.75, 3.05) is 12.5 Å². The smallest absolute Gasteiger partial charge is 0.264 e. The van der Waals surface area contributed by atoms with Gasteiger partial charge >= 0.3 is 0 Å². The van der Waals surface area contributed by atoms with Gasteiger partial charge in [-0.2, -0.15) is 16.8 Å². The average Bonchev–Trinajstić information content (AvgIpc) is 2.96. The van der Waals surface area contributed by atoms with E-state index in [1.807, 2.05) is 12.1 Å². The van der Waals surface area contributed by atoms with Crippen LogP contribution >= 0.6 is 0 Å². The molecule has 2 aliphatic carbocycles. The maximum absolute atomic E-state index is 13.5. The Bertz CT molecular complexity index is 1700. The lowest BCUT2D eigenvalue weighted by molar-refractivity contribution is 0.154. The van der Waals surface area contributed by atoms with Crippen LogP contribution in [0.1, 0.15) is 74.3 Å². The van der Waals surface area contributed by atoms with E-state index in [1.54, 1.807) is 24.5 Å². The molecule has 2 heterocycles. The molecular formula is C32H36F2N2O6S2. The number of fused-ring (bicyclic) bond motifs is 2. The van der Waals surface area contributed by atoms with Gasteiger partial charge in [-0.1, -0.05) is 0 Å². The number of hydrogen-bond donors (Lipinski definition) is 0. The third-order valence-electron chi connectivity index (χ3n) is 8.32. The molecule has 2 aromatic carbocycles. The molecule has 2 fully saturated rings. The molecule has 0 radical (unpaired) electrons. The largest absolute Gasteiger partial charge is 0.267 e. The molecule has 0 atom stereocenters. The Labute approximate surface area is 257 Å². The van der Waals surface area contributed by atoms with Gasteiger partial charge in [0, 0.05) is 23.2 Å². The first-order chi connectivity index (χ1) is 20.8.